The molecule has 0 bridgehead atoms. The number of nitrogens with zero attached hydrogens (tertiary/aromatic N) is 1. The zero-order valence-electron chi connectivity index (χ0n) is 9.83. The predicted molar refractivity (Wildman–Crippen MR) is 60.9 cm³/mol. The van der Waals surface area contributed by atoms with Gasteiger partial charge in [-0.05, 0) is 20.8 Å². The third kappa shape index (κ3) is 2.88. The van der Waals surface area contributed by atoms with Gasteiger partial charge in [0.05, 0.1) is 13.1 Å². The summed E-state index contributed by atoms with van der Waals surface area (Å²) in [6, 6.07) is 0. The molecular weight excluding hydrogens is 208 g/mol. The molecule has 6 nitrogen and oxygen atoms in total. The van der Waals surface area contributed by atoms with E-state index in [0.717, 1.165) is 0 Å². The van der Waals surface area contributed by atoms with Crippen LogP contribution in [-0.2, 0) is 4.74 Å². The number of ether oxygens (including phenoxy) is 1. The number of hydrogen-bond acceptors (Lipinski definition) is 4. The minimum Gasteiger partial charge on any atom is -0.444 e. The number of nitrogens with one attached hydrogen (secondary N) is 1. The summed E-state index contributed by atoms with van der Waals surface area (Å²) in [4.78, 5) is 13.1. The van der Waals surface area contributed by atoms with Crippen molar-refractivity contribution < 1.29 is 9.53 Å². The molecule has 0 aromatic carbocycles. The molecule has 1 aliphatic heterocycles. The number of carbonyl (C=O) groups is 1. The smallest absolute Gasteiger partial charge is 0.410 e. The van der Waals surface area contributed by atoms with E-state index in [2.05, 4.69) is 0 Å². The van der Waals surface area contributed by atoms with E-state index in [0.29, 0.717) is 11.3 Å². The van der Waals surface area contributed by atoms with Crippen molar-refractivity contribution in [1.29, 1.82) is 5.41 Å². The van der Waals surface area contributed by atoms with E-state index in [-0.39, 0.29) is 18.9 Å². The van der Waals surface area contributed by atoms with Crippen LogP contribution in [0.5, 0.6) is 0 Å². The maximum atomic E-state index is 11.7. The molecule has 1 heterocycles. The Hall–Kier alpha value is -1.72. The molecule has 0 atom stereocenters. The lowest BCUT2D eigenvalue weighted by Crippen LogP contribution is -2.36. The minimum atomic E-state index is -0.537. The lowest BCUT2D eigenvalue weighted by molar-refractivity contribution is 0.0300. The van der Waals surface area contributed by atoms with E-state index in [9.17, 15) is 4.79 Å². The molecule has 0 aliphatic carbocycles. The Labute approximate surface area is 94.7 Å². The lowest BCUT2D eigenvalue weighted by atomic mass is 10.2. The topological polar surface area (TPSA) is 105 Å². The van der Waals surface area contributed by atoms with Crippen molar-refractivity contribution in [3.63, 3.8) is 0 Å². The highest BCUT2D eigenvalue weighted by Crippen LogP contribution is 2.17. The van der Waals surface area contributed by atoms with Crippen molar-refractivity contribution in [2.75, 3.05) is 13.1 Å². The number of hydrogen-bond donors (Lipinski definition) is 3. The summed E-state index contributed by atoms with van der Waals surface area (Å²) in [7, 11) is 0. The Balaban J connectivity index is 2.63. The van der Waals surface area contributed by atoms with Crippen molar-refractivity contribution in [2.45, 2.75) is 26.4 Å². The Bertz CT molecular complexity index is 354. The molecule has 0 saturated carbocycles. The quantitative estimate of drug-likeness (QED) is 0.444. The van der Waals surface area contributed by atoms with Gasteiger partial charge in [0, 0.05) is 11.3 Å². The Morgan fingerprint density at radius 1 is 1.44 bits per heavy atom. The first-order valence-corrected chi connectivity index (χ1v) is 5.00. The van der Waals surface area contributed by atoms with Gasteiger partial charge in [0.1, 0.15) is 11.4 Å². The first kappa shape index (κ1) is 12.4. The van der Waals surface area contributed by atoms with Crippen LogP contribution in [0.2, 0.25) is 0 Å². The largest absolute Gasteiger partial charge is 0.444 e. The van der Waals surface area contributed by atoms with E-state index in [1.165, 1.54) is 4.90 Å². The van der Waals surface area contributed by atoms with Gasteiger partial charge < -0.3 is 16.2 Å². The highest BCUT2D eigenvalue weighted by molar-refractivity contribution is 5.96. The van der Waals surface area contributed by atoms with Crippen LogP contribution in [0.1, 0.15) is 20.8 Å². The van der Waals surface area contributed by atoms with Crippen molar-refractivity contribution in [3.8, 4) is 0 Å². The second-order valence-corrected chi connectivity index (χ2v) is 4.75. The van der Waals surface area contributed by atoms with Crippen LogP contribution in [0.4, 0.5) is 4.79 Å². The van der Waals surface area contributed by atoms with E-state index >= 15 is 0 Å². The molecule has 90 valence electrons. The van der Waals surface area contributed by atoms with Gasteiger partial charge >= 0.3 is 6.09 Å². The van der Waals surface area contributed by atoms with Crippen LogP contribution >= 0.6 is 0 Å². The van der Waals surface area contributed by atoms with Gasteiger partial charge in [-0.25, -0.2) is 4.79 Å². The molecule has 0 fully saturated rings. The molecule has 6 heteroatoms. The maximum Gasteiger partial charge on any atom is 0.410 e. The zero-order chi connectivity index (χ0) is 12.5. The molecule has 16 heavy (non-hydrogen) atoms. The first-order chi connectivity index (χ1) is 7.20. The second-order valence-electron chi connectivity index (χ2n) is 4.75. The minimum absolute atomic E-state index is 0.0939. The average Bonchev–Trinajstić information content (AvgIpc) is 2.44. The fourth-order valence-corrected chi connectivity index (χ4v) is 1.36. The molecule has 0 radical (unpaired) electrons. The van der Waals surface area contributed by atoms with Crippen LogP contribution in [-0.4, -0.2) is 35.5 Å². The fourth-order valence-electron chi connectivity index (χ4n) is 1.36. The number of nitrogens with two attached hydrogens (primary N) is 2. The molecule has 0 spiro atoms. The van der Waals surface area contributed by atoms with E-state index in [4.69, 9.17) is 21.6 Å². The molecule has 1 amide bonds. The van der Waals surface area contributed by atoms with Gasteiger partial charge in [-0.3, -0.25) is 10.3 Å². The molecule has 1 rings (SSSR count). The number of carbonyl (C=O) groups excluding carboxylic acids is 1. The predicted octanol–water partition coefficient (Wildman–Crippen LogP) is 0.386. The van der Waals surface area contributed by atoms with E-state index in [1.54, 1.807) is 20.8 Å². The molecule has 0 aromatic heterocycles. The Morgan fingerprint density at radius 3 is 2.38 bits per heavy atom. The summed E-state index contributed by atoms with van der Waals surface area (Å²) < 4.78 is 5.19. The van der Waals surface area contributed by atoms with Gasteiger partial charge in [-0.1, -0.05) is 0 Å². The standard InChI is InChI=1S/C10H18N4O2/c1-10(2,3)16-9(15)14-4-6(8(12)13)7(11)5-14/h4-5,11H2,1-3H3,(H3,12,13). The summed E-state index contributed by atoms with van der Waals surface area (Å²) in [5.41, 5.74) is 11.5. The maximum absolute atomic E-state index is 11.7. The molecule has 0 aromatic rings. The van der Waals surface area contributed by atoms with E-state index < -0.39 is 11.7 Å². The SMILES string of the molecule is CC(C)(C)OC(=O)N1CC(N)=C(C(=N)N)C1. The summed E-state index contributed by atoms with van der Waals surface area (Å²) in [5, 5.41) is 7.29. The van der Waals surface area contributed by atoms with Gasteiger partial charge in [0.2, 0.25) is 0 Å². The monoisotopic (exact) mass is 226 g/mol. The zero-order valence-corrected chi connectivity index (χ0v) is 9.83. The Morgan fingerprint density at radius 2 is 2.00 bits per heavy atom. The molecule has 0 saturated heterocycles. The van der Waals surface area contributed by atoms with Crippen LogP contribution in [0.3, 0.4) is 0 Å². The molecule has 5 N–H and O–H groups in total. The van der Waals surface area contributed by atoms with Gasteiger partial charge in [-0.15, -0.1) is 0 Å². The Kier molecular flexibility index (Phi) is 3.11. The van der Waals surface area contributed by atoms with Crippen LogP contribution in [0.15, 0.2) is 11.3 Å². The fraction of sp³-hybridized carbons (Fsp3) is 0.600. The van der Waals surface area contributed by atoms with Gasteiger partial charge in [-0.2, -0.15) is 0 Å². The summed E-state index contributed by atoms with van der Waals surface area (Å²) in [5.74, 6) is -0.0939. The number of rotatable bonds is 1. The third-order valence-corrected chi connectivity index (χ3v) is 2.07. The summed E-state index contributed by atoms with van der Waals surface area (Å²) >= 11 is 0. The second kappa shape index (κ2) is 4.03. The highest BCUT2D eigenvalue weighted by Gasteiger charge is 2.29. The third-order valence-electron chi connectivity index (χ3n) is 2.07. The first-order valence-electron chi connectivity index (χ1n) is 5.00. The van der Waals surface area contributed by atoms with E-state index in [1.807, 2.05) is 0 Å². The summed E-state index contributed by atoms with van der Waals surface area (Å²) in [6.07, 6.45) is -0.438. The number of amidine groups is 1. The van der Waals surface area contributed by atoms with Crippen molar-refractivity contribution in [2.24, 2.45) is 11.5 Å². The van der Waals surface area contributed by atoms with Crippen LogP contribution in [0, 0.1) is 5.41 Å². The molecule has 1 aliphatic rings. The lowest BCUT2D eigenvalue weighted by Gasteiger charge is -2.24. The molecule has 0 unspecified atom stereocenters. The van der Waals surface area contributed by atoms with Crippen molar-refractivity contribution >= 4 is 11.9 Å². The van der Waals surface area contributed by atoms with Crippen molar-refractivity contribution in [1.82, 2.24) is 4.90 Å². The van der Waals surface area contributed by atoms with Crippen LogP contribution in [0.25, 0.3) is 0 Å². The van der Waals surface area contributed by atoms with Gasteiger partial charge in [0.25, 0.3) is 0 Å². The average molecular weight is 226 g/mol. The summed E-state index contributed by atoms with van der Waals surface area (Å²) in [6.45, 7) is 5.90. The molecular formula is C10H18N4O2. The normalized spacial score (nSPS) is 16.6. The van der Waals surface area contributed by atoms with Gasteiger partial charge in [0.15, 0.2) is 0 Å². The highest BCUT2D eigenvalue weighted by atomic mass is 16.6. The number of amides is 1. The van der Waals surface area contributed by atoms with Crippen LogP contribution < -0.4 is 11.5 Å². The van der Waals surface area contributed by atoms with Crippen molar-refractivity contribution in [3.05, 3.63) is 11.3 Å².